The number of carbonyl (C=O) groups is 1. The Hall–Kier alpha value is -1.67. The predicted octanol–water partition coefficient (Wildman–Crippen LogP) is 4.02. The molecule has 0 spiro atoms. The number of hydrogen-bond donors (Lipinski definition) is 1. The molecule has 33 heavy (non-hydrogen) atoms. The summed E-state index contributed by atoms with van der Waals surface area (Å²) in [5.74, 6) is 0.666. The Morgan fingerprint density at radius 3 is 2.21 bits per heavy atom. The number of methoxy groups -OCH3 is 2. The van der Waals surface area contributed by atoms with Gasteiger partial charge in [0.05, 0.1) is 24.2 Å². The smallest absolute Gasteiger partial charge is 0.407 e. The van der Waals surface area contributed by atoms with Crippen LogP contribution in [0.5, 0.6) is 5.75 Å². The fourth-order valence-corrected chi connectivity index (χ4v) is 5.26. The number of nitrogens with one attached hydrogen (secondary N) is 1. The minimum absolute atomic E-state index is 0.0809. The van der Waals surface area contributed by atoms with Crippen molar-refractivity contribution in [2.45, 2.75) is 63.7 Å². The summed E-state index contributed by atoms with van der Waals surface area (Å²) < 4.78 is 44.6. The van der Waals surface area contributed by atoms with Gasteiger partial charge < -0.3 is 19.5 Å². The van der Waals surface area contributed by atoms with Crippen molar-refractivity contribution in [1.82, 2.24) is 9.62 Å². The van der Waals surface area contributed by atoms with E-state index in [1.54, 1.807) is 32.9 Å². The van der Waals surface area contributed by atoms with Crippen LogP contribution in [0, 0.1) is 5.92 Å². The zero-order valence-electron chi connectivity index (χ0n) is 20.8. The predicted molar refractivity (Wildman–Crippen MR) is 134 cm³/mol. The van der Waals surface area contributed by atoms with E-state index < -0.39 is 33.9 Å². The van der Waals surface area contributed by atoms with E-state index >= 15 is 0 Å². The van der Waals surface area contributed by atoms with E-state index in [9.17, 15) is 13.2 Å². The molecule has 8 nitrogen and oxygen atoms in total. The monoisotopic (exact) mass is 502 g/mol. The highest BCUT2D eigenvalue weighted by Crippen LogP contribution is 2.22. The van der Waals surface area contributed by atoms with Gasteiger partial charge in [0.15, 0.2) is 0 Å². The standard InChI is InChI=1S/C23H39N2O6PS/c1-17(2)15-25(33(27,28)19-11-9-18(29-6)10-12-19)16-21(30-7)20(13-14-32-8)24-22(26)31-23(3,4)5/h9-12,17,20-21H,8,13-16H2,1-7H3,(H,24,26). The van der Waals surface area contributed by atoms with Gasteiger partial charge in [-0.3, -0.25) is 0 Å². The van der Waals surface area contributed by atoms with Gasteiger partial charge in [-0.2, -0.15) is 4.31 Å². The summed E-state index contributed by atoms with van der Waals surface area (Å²) in [5, 5.41) is 2.87. The first kappa shape index (κ1) is 29.4. The molecule has 2 unspecified atom stereocenters. The molecule has 1 aromatic carbocycles. The lowest BCUT2D eigenvalue weighted by molar-refractivity contribution is 0.0272. The van der Waals surface area contributed by atoms with Gasteiger partial charge in [-0.05, 0) is 63.5 Å². The van der Waals surface area contributed by atoms with Crippen LogP contribution in [0.1, 0.15) is 41.0 Å². The molecule has 188 valence electrons. The molecule has 1 rings (SSSR count). The van der Waals surface area contributed by atoms with Crippen molar-refractivity contribution in [1.29, 1.82) is 0 Å². The molecule has 1 aromatic rings. The first-order valence-electron chi connectivity index (χ1n) is 10.9. The van der Waals surface area contributed by atoms with Crippen molar-refractivity contribution in [2.75, 3.05) is 33.5 Å². The molecule has 0 aromatic heterocycles. The lowest BCUT2D eigenvalue weighted by Crippen LogP contribution is -2.51. The third-order valence-electron chi connectivity index (χ3n) is 4.70. The van der Waals surface area contributed by atoms with Gasteiger partial charge in [-0.15, -0.1) is 8.20 Å². The van der Waals surface area contributed by atoms with Crippen molar-refractivity contribution in [3.05, 3.63) is 24.3 Å². The van der Waals surface area contributed by atoms with E-state index in [4.69, 9.17) is 14.2 Å². The van der Waals surface area contributed by atoms with Crippen LogP contribution in [0.25, 0.3) is 0 Å². The van der Waals surface area contributed by atoms with Crippen LogP contribution in [0.2, 0.25) is 0 Å². The molecule has 0 aliphatic heterocycles. The maximum atomic E-state index is 13.5. The van der Waals surface area contributed by atoms with E-state index in [-0.39, 0.29) is 17.4 Å². The van der Waals surface area contributed by atoms with Crippen LogP contribution in [-0.4, -0.2) is 76.3 Å². The Kier molecular flexibility index (Phi) is 11.8. The molecule has 0 radical (unpaired) electrons. The van der Waals surface area contributed by atoms with Crippen LogP contribution in [0.4, 0.5) is 4.79 Å². The summed E-state index contributed by atoms with van der Waals surface area (Å²) in [6.45, 7) is 9.66. The summed E-state index contributed by atoms with van der Waals surface area (Å²) in [7, 11) is 0.168. The van der Waals surface area contributed by atoms with Gasteiger partial charge in [0, 0.05) is 20.2 Å². The SMILES string of the molecule is C=PCCC(NC(=O)OC(C)(C)C)C(CN(CC(C)C)S(=O)(=O)c1ccc(OC)cc1)OC. The highest BCUT2D eigenvalue weighted by molar-refractivity contribution is 7.89. The molecule has 0 bridgehead atoms. The summed E-state index contributed by atoms with van der Waals surface area (Å²) in [5.41, 5.74) is -0.650. The Morgan fingerprint density at radius 2 is 1.76 bits per heavy atom. The number of alkyl carbamates (subject to hydrolysis) is 1. The first-order valence-corrected chi connectivity index (χ1v) is 13.6. The minimum atomic E-state index is -3.80. The lowest BCUT2D eigenvalue weighted by Gasteiger charge is -2.33. The molecule has 0 aliphatic carbocycles. The molecule has 0 aliphatic rings. The third kappa shape index (κ3) is 10.0. The first-order chi connectivity index (χ1) is 15.3. The third-order valence-corrected chi connectivity index (χ3v) is 7.12. The van der Waals surface area contributed by atoms with Crippen LogP contribution >= 0.6 is 8.20 Å². The average Bonchev–Trinajstić information content (AvgIpc) is 2.72. The van der Waals surface area contributed by atoms with Gasteiger partial charge in [-0.25, -0.2) is 13.2 Å². The van der Waals surface area contributed by atoms with Crippen molar-refractivity contribution < 1.29 is 27.4 Å². The molecular weight excluding hydrogens is 463 g/mol. The molecule has 1 N–H and O–H groups in total. The fraction of sp³-hybridized carbons (Fsp3) is 0.652. The number of ether oxygens (including phenoxy) is 3. The van der Waals surface area contributed by atoms with Crippen LogP contribution < -0.4 is 10.1 Å². The molecule has 0 saturated carbocycles. The summed E-state index contributed by atoms with van der Waals surface area (Å²) in [6.07, 6.45) is 3.99. The maximum absolute atomic E-state index is 13.5. The Balaban J connectivity index is 3.20. The Labute approximate surface area is 200 Å². The average molecular weight is 503 g/mol. The largest absolute Gasteiger partial charge is 0.497 e. The van der Waals surface area contributed by atoms with Gasteiger partial charge in [0.25, 0.3) is 0 Å². The Morgan fingerprint density at radius 1 is 1.15 bits per heavy atom. The topological polar surface area (TPSA) is 94.2 Å². The lowest BCUT2D eigenvalue weighted by atomic mass is 10.1. The minimum Gasteiger partial charge on any atom is -0.497 e. The zero-order chi connectivity index (χ0) is 25.2. The number of amides is 1. The molecule has 2 atom stereocenters. The number of nitrogens with zero attached hydrogens (tertiary/aromatic N) is 1. The molecule has 10 heteroatoms. The van der Waals surface area contributed by atoms with Crippen molar-refractivity contribution in [2.24, 2.45) is 5.92 Å². The Bertz CT molecular complexity index is 853. The molecule has 0 fully saturated rings. The zero-order valence-corrected chi connectivity index (χ0v) is 22.5. The number of rotatable bonds is 13. The normalized spacial score (nSPS) is 14.3. The van der Waals surface area contributed by atoms with Gasteiger partial charge in [0.2, 0.25) is 10.0 Å². The van der Waals surface area contributed by atoms with Crippen LogP contribution in [0.3, 0.4) is 0 Å². The summed E-state index contributed by atoms with van der Waals surface area (Å²) in [4.78, 5) is 12.6. The second kappa shape index (κ2) is 13.3. The number of benzene rings is 1. The number of sulfonamides is 1. The van der Waals surface area contributed by atoms with Gasteiger partial charge in [-0.1, -0.05) is 20.1 Å². The molecule has 0 saturated heterocycles. The molecule has 0 heterocycles. The van der Waals surface area contributed by atoms with E-state index in [0.717, 1.165) is 14.4 Å². The van der Waals surface area contributed by atoms with Crippen LogP contribution in [0.15, 0.2) is 29.2 Å². The van der Waals surface area contributed by atoms with Gasteiger partial charge >= 0.3 is 6.09 Å². The quantitative estimate of drug-likeness (QED) is 0.410. The van der Waals surface area contributed by atoms with E-state index in [2.05, 4.69) is 11.6 Å². The second-order valence-corrected chi connectivity index (χ2v) is 12.0. The van der Waals surface area contributed by atoms with Gasteiger partial charge in [0.1, 0.15) is 11.4 Å². The highest BCUT2D eigenvalue weighted by atomic mass is 32.2. The highest BCUT2D eigenvalue weighted by Gasteiger charge is 2.32. The van der Waals surface area contributed by atoms with Crippen LogP contribution in [-0.2, 0) is 19.5 Å². The van der Waals surface area contributed by atoms with Crippen molar-refractivity contribution in [3.8, 4) is 5.75 Å². The van der Waals surface area contributed by atoms with E-state index in [1.807, 2.05) is 13.8 Å². The second-order valence-electron chi connectivity index (χ2n) is 9.15. The summed E-state index contributed by atoms with van der Waals surface area (Å²) in [6, 6.07) is 5.85. The summed E-state index contributed by atoms with van der Waals surface area (Å²) >= 11 is 0. The van der Waals surface area contributed by atoms with E-state index in [0.29, 0.717) is 18.7 Å². The molecular formula is C23H39N2O6PS. The van der Waals surface area contributed by atoms with Crippen molar-refractivity contribution >= 4 is 30.6 Å². The van der Waals surface area contributed by atoms with Crippen molar-refractivity contribution in [3.63, 3.8) is 0 Å². The van der Waals surface area contributed by atoms with E-state index in [1.165, 1.54) is 30.7 Å². The molecule has 1 amide bonds. The number of carbonyl (C=O) groups excluding carboxylic acids is 1. The maximum Gasteiger partial charge on any atom is 0.407 e. The number of hydrogen-bond acceptors (Lipinski definition) is 6. The fourth-order valence-electron chi connectivity index (χ4n) is 3.18.